The van der Waals surface area contributed by atoms with Gasteiger partial charge in [0, 0.05) is 45.0 Å². The molecule has 1 aliphatic rings. The monoisotopic (exact) mass is 489 g/mol. The van der Waals surface area contributed by atoms with E-state index in [9.17, 15) is 0 Å². The second-order valence-corrected chi connectivity index (χ2v) is 6.81. The highest BCUT2D eigenvalue weighted by Gasteiger charge is 2.16. The number of rotatable bonds is 9. The predicted molar refractivity (Wildman–Crippen MR) is 124 cm³/mol. The summed E-state index contributed by atoms with van der Waals surface area (Å²) in [6.45, 7) is 9.53. The minimum absolute atomic E-state index is 0. The number of halogens is 1. The summed E-state index contributed by atoms with van der Waals surface area (Å²) in [4.78, 5) is 11.3. The van der Waals surface area contributed by atoms with Gasteiger partial charge in [0.05, 0.1) is 13.2 Å². The second-order valence-electron chi connectivity index (χ2n) is 6.81. The molecule has 2 N–H and O–H groups in total. The van der Waals surface area contributed by atoms with Crippen molar-refractivity contribution in [2.45, 2.75) is 46.1 Å². The number of anilines is 1. The van der Waals surface area contributed by atoms with Gasteiger partial charge in [-0.05, 0) is 18.4 Å². The summed E-state index contributed by atoms with van der Waals surface area (Å²) in [6, 6.07) is 4.13. The molecule has 7 heteroatoms. The molecule has 154 valence electrons. The quantitative estimate of drug-likeness (QED) is 0.316. The van der Waals surface area contributed by atoms with Gasteiger partial charge in [0.15, 0.2) is 5.96 Å². The Kier molecular flexibility index (Phi) is 12.4. The Morgan fingerprint density at radius 1 is 1.30 bits per heavy atom. The van der Waals surface area contributed by atoms with E-state index in [1.165, 1.54) is 31.2 Å². The van der Waals surface area contributed by atoms with Crippen LogP contribution in [0, 0.1) is 5.92 Å². The smallest absolute Gasteiger partial charge is 0.191 e. The van der Waals surface area contributed by atoms with Crippen LogP contribution in [0.4, 0.5) is 5.82 Å². The summed E-state index contributed by atoms with van der Waals surface area (Å²) < 4.78 is 5.46. The minimum atomic E-state index is 0. The summed E-state index contributed by atoms with van der Waals surface area (Å²) >= 11 is 0. The van der Waals surface area contributed by atoms with Crippen molar-refractivity contribution in [2.75, 3.05) is 44.8 Å². The van der Waals surface area contributed by atoms with Crippen LogP contribution in [0.25, 0.3) is 0 Å². The van der Waals surface area contributed by atoms with Crippen molar-refractivity contribution in [3.63, 3.8) is 0 Å². The van der Waals surface area contributed by atoms with Crippen LogP contribution < -0.4 is 15.5 Å². The average molecular weight is 489 g/mol. The second kappa shape index (κ2) is 14.0. The van der Waals surface area contributed by atoms with E-state index < -0.39 is 0 Å². The fourth-order valence-corrected chi connectivity index (χ4v) is 3.21. The number of ether oxygens (including phenoxy) is 1. The van der Waals surface area contributed by atoms with E-state index in [1.54, 1.807) is 0 Å². The van der Waals surface area contributed by atoms with Crippen molar-refractivity contribution in [2.24, 2.45) is 10.9 Å². The normalized spacial score (nSPS) is 15.8. The van der Waals surface area contributed by atoms with Crippen molar-refractivity contribution in [1.82, 2.24) is 15.6 Å². The number of aromatic nitrogens is 1. The molecule has 0 radical (unpaired) electrons. The van der Waals surface area contributed by atoms with E-state index in [0.29, 0.717) is 12.5 Å². The highest BCUT2D eigenvalue weighted by atomic mass is 127. The molecule has 2 heterocycles. The Morgan fingerprint density at radius 3 is 2.74 bits per heavy atom. The van der Waals surface area contributed by atoms with Crippen molar-refractivity contribution in [3.05, 3.63) is 23.9 Å². The standard InChI is InChI=1S/C20H35N5O.HI/c1-4-6-8-17(5-2)15-23-20(21-3)24-16-18-9-7-10-22-19(18)25-11-13-26-14-12-25;/h7,9-10,17H,4-6,8,11-16H2,1-3H3,(H2,21,23,24);1H. The largest absolute Gasteiger partial charge is 0.378 e. The third kappa shape index (κ3) is 8.21. The average Bonchev–Trinajstić information content (AvgIpc) is 2.71. The summed E-state index contributed by atoms with van der Waals surface area (Å²) in [5, 5.41) is 6.93. The molecule has 0 amide bonds. The Balaban J connectivity index is 0.00000364. The molecular formula is C20H36IN5O. The zero-order valence-corrected chi connectivity index (χ0v) is 19.4. The highest BCUT2D eigenvalue weighted by molar-refractivity contribution is 14.0. The molecule has 1 aliphatic heterocycles. The van der Waals surface area contributed by atoms with Crippen LogP contribution in [-0.4, -0.2) is 50.8 Å². The van der Waals surface area contributed by atoms with E-state index in [0.717, 1.165) is 44.6 Å². The van der Waals surface area contributed by atoms with E-state index in [-0.39, 0.29) is 24.0 Å². The molecule has 1 aromatic heterocycles. The topological polar surface area (TPSA) is 61.8 Å². The Labute approximate surface area is 181 Å². The molecule has 1 saturated heterocycles. The van der Waals surface area contributed by atoms with Gasteiger partial charge < -0.3 is 20.3 Å². The van der Waals surface area contributed by atoms with Crippen LogP contribution in [0.1, 0.15) is 45.1 Å². The first-order chi connectivity index (χ1) is 12.8. The van der Waals surface area contributed by atoms with Crippen molar-refractivity contribution in [3.8, 4) is 0 Å². The molecule has 1 unspecified atom stereocenters. The van der Waals surface area contributed by atoms with Gasteiger partial charge in [-0.25, -0.2) is 4.98 Å². The van der Waals surface area contributed by atoms with E-state index in [1.807, 2.05) is 19.3 Å². The van der Waals surface area contributed by atoms with E-state index in [2.05, 4.69) is 45.4 Å². The fourth-order valence-electron chi connectivity index (χ4n) is 3.21. The zero-order valence-electron chi connectivity index (χ0n) is 17.0. The van der Waals surface area contributed by atoms with Crippen LogP contribution in [-0.2, 0) is 11.3 Å². The number of unbranched alkanes of at least 4 members (excludes halogenated alkanes) is 1. The van der Waals surface area contributed by atoms with Gasteiger partial charge >= 0.3 is 0 Å². The molecule has 2 rings (SSSR count). The van der Waals surface area contributed by atoms with Crippen LogP contribution in [0.3, 0.4) is 0 Å². The molecule has 0 aromatic carbocycles. The van der Waals surface area contributed by atoms with Gasteiger partial charge in [-0.1, -0.05) is 39.2 Å². The van der Waals surface area contributed by atoms with Gasteiger partial charge in [-0.2, -0.15) is 0 Å². The van der Waals surface area contributed by atoms with Crippen molar-refractivity contribution >= 4 is 35.8 Å². The lowest BCUT2D eigenvalue weighted by Crippen LogP contribution is -2.40. The Morgan fingerprint density at radius 2 is 2.07 bits per heavy atom. The first-order valence-corrected chi connectivity index (χ1v) is 9.99. The number of pyridine rings is 1. The first kappa shape index (κ1) is 23.9. The third-order valence-electron chi connectivity index (χ3n) is 4.95. The summed E-state index contributed by atoms with van der Waals surface area (Å²) in [7, 11) is 1.83. The molecule has 6 nitrogen and oxygen atoms in total. The van der Waals surface area contributed by atoms with E-state index in [4.69, 9.17) is 4.74 Å². The maximum atomic E-state index is 5.46. The lowest BCUT2D eigenvalue weighted by Gasteiger charge is -2.29. The van der Waals surface area contributed by atoms with Gasteiger partial charge in [-0.3, -0.25) is 4.99 Å². The minimum Gasteiger partial charge on any atom is -0.378 e. The Bertz CT molecular complexity index is 549. The van der Waals surface area contributed by atoms with Gasteiger partial charge in [0.2, 0.25) is 0 Å². The van der Waals surface area contributed by atoms with Crippen molar-refractivity contribution in [1.29, 1.82) is 0 Å². The zero-order chi connectivity index (χ0) is 18.6. The summed E-state index contributed by atoms with van der Waals surface area (Å²) in [5.74, 6) is 2.61. The van der Waals surface area contributed by atoms with Crippen LogP contribution >= 0.6 is 24.0 Å². The van der Waals surface area contributed by atoms with Gasteiger partial charge in [0.25, 0.3) is 0 Å². The van der Waals surface area contributed by atoms with Crippen LogP contribution in [0.5, 0.6) is 0 Å². The third-order valence-corrected chi connectivity index (χ3v) is 4.95. The summed E-state index contributed by atoms with van der Waals surface area (Å²) in [5.41, 5.74) is 1.19. The molecule has 0 aliphatic carbocycles. The maximum Gasteiger partial charge on any atom is 0.191 e. The predicted octanol–water partition coefficient (Wildman–Crippen LogP) is 3.42. The lowest BCUT2D eigenvalue weighted by atomic mass is 9.99. The Hall–Kier alpha value is -1.09. The molecule has 1 aromatic rings. The SMILES string of the molecule is CCCCC(CC)CNC(=NC)NCc1cccnc1N1CCOCC1.I. The molecule has 1 fully saturated rings. The fraction of sp³-hybridized carbons (Fsp3) is 0.700. The number of aliphatic imine (C=N–C) groups is 1. The van der Waals surface area contributed by atoms with Crippen LogP contribution in [0.15, 0.2) is 23.3 Å². The molecule has 1 atom stereocenters. The number of hydrogen-bond acceptors (Lipinski definition) is 4. The lowest BCUT2D eigenvalue weighted by molar-refractivity contribution is 0.122. The number of guanidine groups is 1. The number of nitrogens with zero attached hydrogens (tertiary/aromatic N) is 3. The first-order valence-electron chi connectivity index (χ1n) is 9.99. The molecule has 0 saturated carbocycles. The molecular weight excluding hydrogens is 453 g/mol. The highest BCUT2D eigenvalue weighted by Crippen LogP contribution is 2.18. The number of morpholine rings is 1. The molecule has 0 bridgehead atoms. The van der Waals surface area contributed by atoms with Gasteiger partial charge in [0.1, 0.15) is 5.82 Å². The summed E-state index contributed by atoms with van der Waals surface area (Å²) in [6.07, 6.45) is 6.90. The van der Waals surface area contributed by atoms with Crippen molar-refractivity contribution < 1.29 is 4.74 Å². The van der Waals surface area contributed by atoms with Crippen LogP contribution in [0.2, 0.25) is 0 Å². The number of nitrogens with one attached hydrogen (secondary N) is 2. The molecule has 27 heavy (non-hydrogen) atoms. The molecule has 0 spiro atoms. The maximum absolute atomic E-state index is 5.46. The van der Waals surface area contributed by atoms with E-state index >= 15 is 0 Å². The van der Waals surface area contributed by atoms with Gasteiger partial charge in [-0.15, -0.1) is 24.0 Å². The number of hydrogen-bond donors (Lipinski definition) is 2.